The Morgan fingerprint density at radius 3 is 2.32 bits per heavy atom. The van der Waals surface area contributed by atoms with Crippen molar-refractivity contribution in [2.45, 2.75) is 12.3 Å². The van der Waals surface area contributed by atoms with E-state index in [0.717, 1.165) is 30.6 Å². The zero-order chi connectivity index (χ0) is 15.0. The first-order valence-corrected chi connectivity index (χ1v) is 8.37. The van der Waals surface area contributed by atoms with Crippen molar-refractivity contribution in [1.29, 1.82) is 0 Å². The van der Waals surface area contributed by atoms with E-state index in [0.29, 0.717) is 8.95 Å². The number of rotatable bonds is 1. The zero-order valence-electron chi connectivity index (χ0n) is 11.6. The zero-order valence-corrected chi connectivity index (χ0v) is 15.6. The molecule has 3 nitrogen and oxygen atoms in total. The van der Waals surface area contributed by atoms with E-state index in [2.05, 4.69) is 49.3 Å². The third-order valence-electron chi connectivity index (χ3n) is 3.92. The summed E-state index contributed by atoms with van der Waals surface area (Å²) in [6, 6.07) is 10.2. The van der Waals surface area contributed by atoms with Crippen LogP contribution >= 0.6 is 44.3 Å². The van der Waals surface area contributed by atoms with Crippen LogP contribution in [0, 0.1) is 0 Å². The Hall–Kier alpha value is -0.750. The molecule has 0 bridgehead atoms. The number of fused-ring (bicyclic) bond motifs is 1. The van der Waals surface area contributed by atoms with Crippen molar-refractivity contribution in [1.82, 2.24) is 5.32 Å². The van der Waals surface area contributed by atoms with E-state index in [1.54, 1.807) is 0 Å². The van der Waals surface area contributed by atoms with Gasteiger partial charge in [0.15, 0.2) is 11.5 Å². The lowest BCUT2D eigenvalue weighted by Crippen LogP contribution is -2.21. The fourth-order valence-corrected chi connectivity index (χ4v) is 4.17. The highest BCUT2D eigenvalue weighted by Crippen LogP contribution is 2.48. The Morgan fingerprint density at radius 2 is 1.64 bits per heavy atom. The van der Waals surface area contributed by atoms with E-state index in [-0.39, 0.29) is 29.8 Å². The van der Waals surface area contributed by atoms with Gasteiger partial charge in [0.1, 0.15) is 0 Å². The minimum absolute atomic E-state index is 0. The molecule has 22 heavy (non-hydrogen) atoms. The second-order valence-corrected chi connectivity index (χ2v) is 6.72. The molecule has 0 spiro atoms. The summed E-state index contributed by atoms with van der Waals surface area (Å²) in [5.41, 5.74) is 3.26. The van der Waals surface area contributed by atoms with Crippen molar-refractivity contribution < 1.29 is 10.2 Å². The third-order valence-corrected chi connectivity index (χ3v) is 5.57. The van der Waals surface area contributed by atoms with Gasteiger partial charge in [-0.2, -0.15) is 0 Å². The average molecular weight is 450 g/mol. The molecule has 0 amide bonds. The van der Waals surface area contributed by atoms with E-state index in [1.165, 1.54) is 5.56 Å². The van der Waals surface area contributed by atoms with Crippen LogP contribution in [0.3, 0.4) is 0 Å². The Morgan fingerprint density at radius 1 is 1.00 bits per heavy atom. The van der Waals surface area contributed by atoms with Gasteiger partial charge >= 0.3 is 0 Å². The van der Waals surface area contributed by atoms with Gasteiger partial charge in [0.25, 0.3) is 0 Å². The fraction of sp³-hybridized carbons (Fsp3) is 0.250. The van der Waals surface area contributed by atoms with Gasteiger partial charge in [-0.15, -0.1) is 12.4 Å². The van der Waals surface area contributed by atoms with Gasteiger partial charge in [-0.1, -0.05) is 30.3 Å². The average Bonchev–Trinajstić information content (AvgIpc) is 2.74. The van der Waals surface area contributed by atoms with Crippen molar-refractivity contribution in [3.63, 3.8) is 0 Å². The lowest BCUT2D eigenvalue weighted by Gasteiger charge is -2.22. The minimum Gasteiger partial charge on any atom is -0.503 e. The Labute approximate surface area is 152 Å². The molecule has 2 aromatic carbocycles. The van der Waals surface area contributed by atoms with Gasteiger partial charge in [0.2, 0.25) is 0 Å². The van der Waals surface area contributed by atoms with Crippen molar-refractivity contribution >= 4 is 44.3 Å². The summed E-state index contributed by atoms with van der Waals surface area (Å²) in [6.07, 6.45) is 0.797. The van der Waals surface area contributed by atoms with Crippen molar-refractivity contribution in [3.05, 3.63) is 56.0 Å². The van der Waals surface area contributed by atoms with E-state index in [1.807, 2.05) is 18.2 Å². The number of halogens is 3. The monoisotopic (exact) mass is 447 g/mol. The molecule has 3 rings (SSSR count). The molecular formula is C16H16Br2ClNO2. The molecule has 1 heterocycles. The summed E-state index contributed by atoms with van der Waals surface area (Å²) in [7, 11) is 0. The molecule has 118 valence electrons. The predicted molar refractivity (Wildman–Crippen MR) is 97.3 cm³/mol. The van der Waals surface area contributed by atoms with Crippen LogP contribution in [0.5, 0.6) is 11.5 Å². The van der Waals surface area contributed by atoms with Gasteiger partial charge in [0.05, 0.1) is 8.95 Å². The molecule has 1 aliphatic heterocycles. The highest BCUT2D eigenvalue weighted by atomic mass is 79.9. The molecule has 0 radical (unpaired) electrons. The van der Waals surface area contributed by atoms with Crippen LogP contribution in [0.25, 0.3) is 0 Å². The summed E-state index contributed by atoms with van der Waals surface area (Å²) in [5, 5.41) is 23.6. The quantitative estimate of drug-likeness (QED) is 0.569. The molecule has 1 unspecified atom stereocenters. The first-order valence-electron chi connectivity index (χ1n) is 6.78. The molecule has 1 atom stereocenters. The normalized spacial score (nSPS) is 17.3. The Bertz CT molecular complexity index is 680. The second kappa shape index (κ2) is 7.21. The van der Waals surface area contributed by atoms with Crippen LogP contribution in [0.1, 0.15) is 22.6 Å². The molecule has 3 N–H and O–H groups in total. The van der Waals surface area contributed by atoms with Gasteiger partial charge in [-0.05, 0) is 61.5 Å². The molecule has 0 fully saturated rings. The van der Waals surface area contributed by atoms with Gasteiger partial charge in [0, 0.05) is 12.5 Å². The summed E-state index contributed by atoms with van der Waals surface area (Å²) >= 11 is 6.89. The third kappa shape index (κ3) is 3.00. The number of aromatic hydroxyl groups is 2. The smallest absolute Gasteiger partial charge is 0.173 e. The molecule has 0 aliphatic carbocycles. The molecule has 6 heteroatoms. The predicted octanol–water partition coefficient (Wildman–Crippen LogP) is 4.32. The first kappa shape index (κ1) is 17.6. The number of phenolic OH excluding ortho intramolecular Hbond substituents is 2. The summed E-state index contributed by atoms with van der Waals surface area (Å²) in [5.74, 6) is -0.0846. The number of phenols is 2. The van der Waals surface area contributed by atoms with E-state index in [9.17, 15) is 10.2 Å². The van der Waals surface area contributed by atoms with Gasteiger partial charge in [-0.3, -0.25) is 0 Å². The number of hydrogen-bond donors (Lipinski definition) is 3. The molecule has 0 aromatic heterocycles. The molecule has 1 aliphatic rings. The molecular weight excluding hydrogens is 433 g/mol. The van der Waals surface area contributed by atoms with Crippen LogP contribution in [0.2, 0.25) is 0 Å². The Balaban J connectivity index is 0.00000176. The molecule has 0 saturated heterocycles. The van der Waals surface area contributed by atoms with Crippen LogP contribution in [0.15, 0.2) is 39.3 Å². The molecule has 2 aromatic rings. The maximum absolute atomic E-state index is 10.2. The summed E-state index contributed by atoms with van der Waals surface area (Å²) in [6.45, 7) is 1.64. The maximum atomic E-state index is 10.2. The SMILES string of the molecule is Cl.Oc1c(O)c(Br)c2c(c1Br)CCNCC2c1ccccc1. The lowest BCUT2D eigenvalue weighted by molar-refractivity contribution is 0.397. The molecule has 0 saturated carbocycles. The standard InChI is InChI=1S/C16H15Br2NO2.ClH/c17-13-10-6-7-19-8-11(9-4-2-1-3-5-9)12(10)14(18)16(21)15(13)20;/h1-5,11,19-21H,6-8H2;1H. The van der Waals surface area contributed by atoms with Crippen LogP contribution in [-0.2, 0) is 6.42 Å². The van der Waals surface area contributed by atoms with E-state index < -0.39 is 0 Å². The van der Waals surface area contributed by atoms with E-state index in [4.69, 9.17) is 0 Å². The topological polar surface area (TPSA) is 52.5 Å². The largest absolute Gasteiger partial charge is 0.503 e. The van der Waals surface area contributed by atoms with Crippen LogP contribution in [-0.4, -0.2) is 23.3 Å². The fourth-order valence-electron chi connectivity index (χ4n) is 2.87. The minimum atomic E-state index is -0.108. The second-order valence-electron chi connectivity index (χ2n) is 5.13. The number of nitrogens with one attached hydrogen (secondary N) is 1. The highest BCUT2D eigenvalue weighted by Gasteiger charge is 2.28. The summed E-state index contributed by atoms with van der Waals surface area (Å²) in [4.78, 5) is 0. The number of hydrogen-bond acceptors (Lipinski definition) is 3. The Kier molecular flexibility index (Phi) is 5.77. The van der Waals surface area contributed by atoms with E-state index >= 15 is 0 Å². The van der Waals surface area contributed by atoms with Crippen molar-refractivity contribution in [2.75, 3.05) is 13.1 Å². The first-order chi connectivity index (χ1) is 10.1. The van der Waals surface area contributed by atoms with Crippen LogP contribution in [0.4, 0.5) is 0 Å². The van der Waals surface area contributed by atoms with Gasteiger partial charge in [-0.25, -0.2) is 0 Å². The number of benzene rings is 2. The summed E-state index contributed by atoms with van der Waals surface area (Å²) < 4.78 is 1.17. The van der Waals surface area contributed by atoms with Crippen molar-refractivity contribution in [3.8, 4) is 11.5 Å². The van der Waals surface area contributed by atoms with Gasteiger partial charge < -0.3 is 15.5 Å². The maximum Gasteiger partial charge on any atom is 0.173 e. The van der Waals surface area contributed by atoms with Crippen molar-refractivity contribution in [2.24, 2.45) is 0 Å². The lowest BCUT2D eigenvalue weighted by atomic mass is 9.88. The van der Waals surface area contributed by atoms with Crippen LogP contribution < -0.4 is 5.32 Å². The highest BCUT2D eigenvalue weighted by molar-refractivity contribution is 9.11.